The maximum atomic E-state index is 13.5. The van der Waals surface area contributed by atoms with Crippen LogP contribution >= 0.6 is 0 Å². The fourth-order valence-electron chi connectivity index (χ4n) is 3.78. The quantitative estimate of drug-likeness (QED) is 0.318. The minimum Gasteiger partial charge on any atom is -0.496 e. The molecule has 0 amide bonds. The summed E-state index contributed by atoms with van der Waals surface area (Å²) in [5.41, 5.74) is 1.63. The van der Waals surface area contributed by atoms with Crippen LogP contribution in [-0.2, 0) is 0 Å². The van der Waals surface area contributed by atoms with Gasteiger partial charge in [0.15, 0.2) is 5.76 Å². The van der Waals surface area contributed by atoms with Gasteiger partial charge in [-0.15, -0.1) is 0 Å². The van der Waals surface area contributed by atoms with E-state index in [1.165, 1.54) is 4.68 Å². The topological polar surface area (TPSA) is 78.9 Å². The van der Waals surface area contributed by atoms with Gasteiger partial charge in [0.25, 0.3) is 5.56 Å². The summed E-state index contributed by atoms with van der Waals surface area (Å²) in [7, 11) is 1.60. The first-order valence-electron chi connectivity index (χ1n) is 10.9. The van der Waals surface area contributed by atoms with Gasteiger partial charge >= 0.3 is 0 Å². The molecule has 0 aliphatic heterocycles. The molecule has 34 heavy (non-hydrogen) atoms. The number of aromatic nitrogens is 2. The molecule has 0 spiro atoms. The molecule has 5 rings (SSSR count). The van der Waals surface area contributed by atoms with Crippen LogP contribution in [0.5, 0.6) is 11.5 Å². The predicted octanol–water partition coefficient (Wildman–Crippen LogP) is 5.49. The van der Waals surface area contributed by atoms with Gasteiger partial charge in [0.2, 0.25) is 5.82 Å². The maximum absolute atomic E-state index is 13.5. The highest BCUT2D eigenvalue weighted by atomic mass is 16.5. The molecule has 7 nitrogen and oxygen atoms in total. The highest BCUT2D eigenvalue weighted by molar-refractivity contribution is 5.89. The predicted molar refractivity (Wildman–Crippen MR) is 133 cm³/mol. The van der Waals surface area contributed by atoms with Crippen molar-refractivity contribution in [2.24, 2.45) is 5.10 Å². The fraction of sp³-hybridized carbons (Fsp3) is 0.148. The van der Waals surface area contributed by atoms with Crippen molar-refractivity contribution < 1.29 is 13.9 Å². The summed E-state index contributed by atoms with van der Waals surface area (Å²) in [6.07, 6.45) is 1.60. The number of benzene rings is 3. The number of para-hydroxylation sites is 2. The Morgan fingerprint density at radius 1 is 0.971 bits per heavy atom. The first-order valence-corrected chi connectivity index (χ1v) is 10.9. The van der Waals surface area contributed by atoms with Gasteiger partial charge in [-0.25, -0.2) is 4.98 Å². The lowest BCUT2D eigenvalue weighted by atomic mass is 10.2. The van der Waals surface area contributed by atoms with Crippen LogP contribution in [-0.4, -0.2) is 29.1 Å². The van der Waals surface area contributed by atoms with E-state index in [0.717, 1.165) is 10.9 Å². The number of nitrogens with zero attached hydrogens (tertiary/aromatic N) is 3. The Morgan fingerprint density at radius 2 is 1.74 bits per heavy atom. The Bertz CT molecular complexity index is 1580. The lowest BCUT2D eigenvalue weighted by molar-refractivity contribution is 0.242. The van der Waals surface area contributed by atoms with Crippen LogP contribution in [0, 0.1) is 0 Å². The molecule has 0 saturated heterocycles. The molecule has 170 valence electrons. The number of hydrogen-bond donors (Lipinski definition) is 0. The van der Waals surface area contributed by atoms with Crippen molar-refractivity contribution >= 4 is 28.1 Å². The van der Waals surface area contributed by atoms with Gasteiger partial charge in [0.05, 0.1) is 35.7 Å². The van der Waals surface area contributed by atoms with Crippen LogP contribution in [0.2, 0.25) is 0 Å². The molecule has 7 heteroatoms. The average Bonchev–Trinajstić information content (AvgIpc) is 3.28. The molecular formula is C27H23N3O4. The van der Waals surface area contributed by atoms with Crippen LogP contribution in [0.15, 0.2) is 87.1 Å². The van der Waals surface area contributed by atoms with E-state index in [2.05, 4.69) is 5.10 Å². The number of ether oxygens (including phenoxy) is 2. The lowest BCUT2D eigenvalue weighted by Gasteiger charge is -2.12. The van der Waals surface area contributed by atoms with Gasteiger partial charge in [-0.2, -0.15) is 9.78 Å². The molecule has 0 aliphatic carbocycles. The van der Waals surface area contributed by atoms with Crippen molar-refractivity contribution in [3.05, 3.63) is 88.7 Å². The van der Waals surface area contributed by atoms with Crippen LogP contribution in [0.4, 0.5) is 0 Å². The molecule has 0 saturated carbocycles. The van der Waals surface area contributed by atoms with Crippen molar-refractivity contribution in [2.45, 2.75) is 20.0 Å². The smallest absolute Gasteiger partial charge is 0.282 e. The van der Waals surface area contributed by atoms with Gasteiger partial charge in [-0.3, -0.25) is 4.79 Å². The zero-order valence-corrected chi connectivity index (χ0v) is 19.1. The maximum Gasteiger partial charge on any atom is 0.282 e. The number of rotatable bonds is 6. The van der Waals surface area contributed by atoms with Gasteiger partial charge in [-0.1, -0.05) is 30.3 Å². The zero-order chi connectivity index (χ0) is 23.7. The van der Waals surface area contributed by atoms with Crippen molar-refractivity contribution in [3.63, 3.8) is 0 Å². The van der Waals surface area contributed by atoms with E-state index in [9.17, 15) is 4.79 Å². The molecule has 0 unspecified atom stereocenters. The third-order valence-corrected chi connectivity index (χ3v) is 5.31. The highest BCUT2D eigenvalue weighted by Gasteiger charge is 2.18. The minimum atomic E-state index is -0.300. The highest BCUT2D eigenvalue weighted by Crippen LogP contribution is 2.33. The Balaban J connectivity index is 1.71. The summed E-state index contributed by atoms with van der Waals surface area (Å²) < 4.78 is 18.7. The van der Waals surface area contributed by atoms with E-state index < -0.39 is 0 Å². The lowest BCUT2D eigenvalue weighted by Crippen LogP contribution is -2.20. The Kier molecular flexibility index (Phi) is 5.59. The van der Waals surface area contributed by atoms with E-state index >= 15 is 0 Å². The van der Waals surface area contributed by atoms with E-state index in [4.69, 9.17) is 18.9 Å². The molecule has 0 atom stereocenters. The zero-order valence-electron chi connectivity index (χ0n) is 19.1. The SMILES string of the molecule is COc1cccc2oc(-c3nc4ccccc4c(=O)n3N=Cc3ccccc3OC(C)C)cc12. The summed E-state index contributed by atoms with van der Waals surface area (Å²) in [6.45, 7) is 3.92. The third-order valence-electron chi connectivity index (χ3n) is 5.31. The summed E-state index contributed by atoms with van der Waals surface area (Å²) in [5, 5.41) is 5.78. The molecule has 0 radical (unpaired) electrons. The standard InChI is InChI=1S/C27H23N3O4/c1-17(2)33-22-12-7-4-9-18(22)16-28-30-26(29-21-11-6-5-10-19(21)27(30)31)25-15-20-23(32-3)13-8-14-24(20)34-25/h4-17H,1-3H3. The molecule has 0 aliphatic rings. The second-order valence-corrected chi connectivity index (χ2v) is 8.00. The first kappa shape index (κ1) is 21.5. The summed E-state index contributed by atoms with van der Waals surface area (Å²) in [5.74, 6) is 2.05. The Hall–Kier alpha value is -4.39. The van der Waals surface area contributed by atoms with Gasteiger partial charge in [-0.05, 0) is 56.3 Å². The number of fused-ring (bicyclic) bond motifs is 2. The number of furan rings is 1. The molecule has 0 bridgehead atoms. The summed E-state index contributed by atoms with van der Waals surface area (Å²) in [6, 6.07) is 22.1. The number of methoxy groups -OCH3 is 1. The van der Waals surface area contributed by atoms with E-state index in [0.29, 0.717) is 39.6 Å². The molecular weight excluding hydrogens is 430 g/mol. The fourth-order valence-corrected chi connectivity index (χ4v) is 3.78. The molecule has 5 aromatic rings. The summed E-state index contributed by atoms with van der Waals surface area (Å²) in [4.78, 5) is 18.2. The van der Waals surface area contributed by atoms with Gasteiger partial charge in [0, 0.05) is 5.56 Å². The van der Waals surface area contributed by atoms with Crippen molar-refractivity contribution in [1.82, 2.24) is 9.66 Å². The molecule has 2 aromatic heterocycles. The molecule has 0 N–H and O–H groups in total. The molecule has 3 aromatic carbocycles. The largest absolute Gasteiger partial charge is 0.496 e. The van der Waals surface area contributed by atoms with Crippen molar-refractivity contribution in [2.75, 3.05) is 7.11 Å². The van der Waals surface area contributed by atoms with Crippen molar-refractivity contribution in [1.29, 1.82) is 0 Å². The molecule has 0 fully saturated rings. The molecule has 2 heterocycles. The van der Waals surface area contributed by atoms with Crippen LogP contribution < -0.4 is 15.0 Å². The first-order chi connectivity index (χ1) is 16.5. The average molecular weight is 453 g/mol. The van der Waals surface area contributed by atoms with Gasteiger partial charge in [0.1, 0.15) is 17.1 Å². The monoisotopic (exact) mass is 453 g/mol. The van der Waals surface area contributed by atoms with E-state index in [1.807, 2.05) is 68.4 Å². The number of hydrogen-bond acceptors (Lipinski definition) is 6. The Labute approximate surface area is 195 Å². The van der Waals surface area contributed by atoms with Crippen molar-refractivity contribution in [3.8, 4) is 23.1 Å². The van der Waals surface area contributed by atoms with Crippen LogP contribution in [0.1, 0.15) is 19.4 Å². The minimum absolute atomic E-state index is 0.000646. The van der Waals surface area contributed by atoms with E-state index in [1.54, 1.807) is 31.5 Å². The third kappa shape index (κ3) is 3.92. The second kappa shape index (κ2) is 8.86. The van der Waals surface area contributed by atoms with Crippen LogP contribution in [0.25, 0.3) is 33.5 Å². The van der Waals surface area contributed by atoms with E-state index in [-0.39, 0.29) is 11.7 Å². The Morgan fingerprint density at radius 3 is 2.56 bits per heavy atom. The normalized spacial score (nSPS) is 11.6. The van der Waals surface area contributed by atoms with Crippen LogP contribution in [0.3, 0.4) is 0 Å². The second-order valence-electron chi connectivity index (χ2n) is 8.00. The summed E-state index contributed by atoms with van der Waals surface area (Å²) >= 11 is 0. The van der Waals surface area contributed by atoms with Gasteiger partial charge < -0.3 is 13.9 Å².